The maximum atomic E-state index is 12.4. The van der Waals surface area contributed by atoms with E-state index in [9.17, 15) is 35.5 Å². The first-order valence-corrected chi connectivity index (χ1v) is 19.5. The van der Waals surface area contributed by atoms with Crippen molar-refractivity contribution < 1.29 is 109 Å². The minimum atomic E-state index is -4.81. The molecular weight excluding hydrogens is 1080 g/mol. The van der Waals surface area contributed by atoms with Gasteiger partial charge in [0.25, 0.3) is 21.9 Å². The van der Waals surface area contributed by atoms with Crippen LogP contribution in [0.5, 0.6) is 0 Å². The Balaban J connectivity index is 0.000000300. The van der Waals surface area contributed by atoms with Crippen molar-refractivity contribution in [1.82, 2.24) is 51.0 Å². The molecule has 5 N–H and O–H groups in total. The summed E-state index contributed by atoms with van der Waals surface area (Å²) in [5.74, 6) is -1.63. The van der Waals surface area contributed by atoms with Crippen LogP contribution in [0.3, 0.4) is 0 Å². The zero-order chi connectivity index (χ0) is 40.6. The maximum Gasteiger partial charge on any atom is 1.00 e. The topological polar surface area (TPSA) is 281 Å². The Kier molecular flexibility index (Phi) is 18.1. The third-order valence-corrected chi connectivity index (χ3v) is 9.57. The summed E-state index contributed by atoms with van der Waals surface area (Å²) in [7, 11) is -9.38. The van der Waals surface area contributed by atoms with E-state index in [1.807, 2.05) is 0 Å². The molecule has 2 aromatic heterocycles. The molecule has 2 amide bonds. The van der Waals surface area contributed by atoms with E-state index in [1.54, 1.807) is 48.5 Å². The van der Waals surface area contributed by atoms with Crippen molar-refractivity contribution in [3.05, 3.63) is 108 Å². The first-order chi connectivity index (χ1) is 26.5. The van der Waals surface area contributed by atoms with Crippen LogP contribution in [0.4, 0.5) is 11.4 Å². The number of thiocarbonyl (C=S) groups is 2. The van der Waals surface area contributed by atoms with Crippen molar-refractivity contribution >= 4 is 103 Å². The molecule has 0 aliphatic heterocycles. The Hall–Kier alpha value is -3.62. The predicted octanol–water partition coefficient (Wildman–Crippen LogP) is -1.46. The van der Waals surface area contributed by atoms with Crippen molar-refractivity contribution in [2.24, 2.45) is 0 Å². The van der Waals surface area contributed by atoms with Crippen LogP contribution in [0, 0.1) is 0 Å². The fourth-order valence-corrected chi connectivity index (χ4v) is 6.67. The molecule has 58 heavy (non-hydrogen) atoms. The van der Waals surface area contributed by atoms with Crippen LogP contribution in [0.25, 0.3) is 11.4 Å². The first-order valence-electron chi connectivity index (χ1n) is 15.0. The van der Waals surface area contributed by atoms with Gasteiger partial charge in [-0.15, -0.1) is 10.2 Å². The standard InChI is InChI=1S/2C15H12N6O4S3.Au.K/c2*22-13(11-6-1-2-7-12(11)28(23,24)25)17-14(26)16-9-4-3-5-10(8-9)21-15(27)18-19-20-21;;/h2*1-8H,(H,18,20,27)(H,23,24,25)(H2,16,17,22,26);;/q;;;+1/p-3. The molecule has 2 heterocycles. The number of tetrazole rings is 2. The molecule has 0 aliphatic rings. The minimum Gasteiger partial charge on any atom is -0.744 e. The molecule has 0 spiro atoms. The molecule has 28 heteroatoms. The van der Waals surface area contributed by atoms with Gasteiger partial charge in [0.1, 0.15) is 15.0 Å². The van der Waals surface area contributed by atoms with Crippen LogP contribution in [0.1, 0.15) is 20.7 Å². The molecular formula is C30H21AuKN12O8S6-2. The summed E-state index contributed by atoms with van der Waals surface area (Å²) < 4.78 is 68.6. The SMILES string of the molecule is O=C(NC(=S)Nc1cccc(-n2nnnc2[S-])c1)c1ccccc1S(=O)(=O)O.O=C(NC(=S)Nc1cccc(-n2nnnc2[S-])c1)c1ccccc1S(=O)(=O)[O-].[Au].[K+]. The van der Waals surface area contributed by atoms with Crippen LogP contribution in [-0.2, 0) is 67.9 Å². The van der Waals surface area contributed by atoms with Gasteiger partial charge >= 0.3 is 51.4 Å². The molecule has 0 aliphatic carbocycles. The van der Waals surface area contributed by atoms with Gasteiger partial charge in [-0.25, -0.2) is 17.8 Å². The third-order valence-electron chi connectivity index (χ3n) is 6.84. The van der Waals surface area contributed by atoms with E-state index in [2.05, 4.69) is 52.3 Å². The third kappa shape index (κ3) is 13.2. The van der Waals surface area contributed by atoms with E-state index >= 15 is 0 Å². The van der Waals surface area contributed by atoms with E-state index in [0.29, 0.717) is 22.7 Å². The quantitative estimate of drug-likeness (QED) is 0.0504. The van der Waals surface area contributed by atoms with Crippen molar-refractivity contribution in [1.29, 1.82) is 0 Å². The van der Waals surface area contributed by atoms with E-state index in [4.69, 9.17) is 49.7 Å². The van der Waals surface area contributed by atoms with Crippen molar-refractivity contribution in [2.45, 2.75) is 20.1 Å². The van der Waals surface area contributed by atoms with Gasteiger partial charge in [-0.05, 0) is 106 Å². The minimum absolute atomic E-state index is 0. The van der Waals surface area contributed by atoms with E-state index < -0.39 is 41.8 Å². The number of nitrogens with zero attached hydrogens (tertiary/aromatic N) is 8. The number of benzene rings is 4. The van der Waals surface area contributed by atoms with E-state index in [1.165, 1.54) is 45.8 Å². The summed E-state index contributed by atoms with van der Waals surface area (Å²) in [4.78, 5) is 23.5. The molecule has 4 aromatic carbocycles. The van der Waals surface area contributed by atoms with Gasteiger partial charge < -0.3 is 40.4 Å². The smallest absolute Gasteiger partial charge is 0.744 e. The summed E-state index contributed by atoms with van der Waals surface area (Å²) in [6, 6.07) is 23.7. The monoisotopic (exact) mass is 1100 g/mol. The van der Waals surface area contributed by atoms with Gasteiger partial charge in [-0.2, -0.15) is 8.42 Å². The normalized spacial score (nSPS) is 10.7. The molecule has 0 atom stereocenters. The number of hydrogen-bond acceptors (Lipinski definition) is 17. The summed E-state index contributed by atoms with van der Waals surface area (Å²) in [5, 5.41) is 32.2. The number of rotatable bonds is 8. The molecule has 6 aromatic rings. The number of hydrogen-bond donors (Lipinski definition) is 5. The van der Waals surface area contributed by atoms with Gasteiger partial charge in [0, 0.05) is 44.1 Å². The van der Waals surface area contributed by atoms with Crippen LogP contribution in [-0.4, -0.2) is 88.4 Å². The number of carbonyl (C=O) groups excluding carboxylic acids is 2. The summed E-state index contributed by atoms with van der Waals surface area (Å²) in [6.07, 6.45) is 0. The van der Waals surface area contributed by atoms with Gasteiger partial charge in [-0.3, -0.25) is 24.8 Å². The predicted molar refractivity (Wildman–Crippen MR) is 208 cm³/mol. The number of carbonyl (C=O) groups is 2. The zero-order valence-corrected chi connectivity index (χ0v) is 39.1. The number of nitrogens with one attached hydrogen (secondary N) is 4. The molecule has 1 radical (unpaired) electrons. The second-order valence-electron chi connectivity index (χ2n) is 10.6. The van der Waals surface area contributed by atoms with Crippen LogP contribution >= 0.6 is 24.4 Å². The Labute approximate surface area is 409 Å². The summed E-state index contributed by atoms with van der Waals surface area (Å²) in [6.45, 7) is 0. The molecule has 20 nitrogen and oxygen atoms in total. The average molecular weight is 1110 g/mol. The van der Waals surface area contributed by atoms with Crippen molar-refractivity contribution in [2.75, 3.05) is 10.6 Å². The van der Waals surface area contributed by atoms with E-state index in [0.717, 1.165) is 12.1 Å². The molecule has 299 valence electrons. The molecule has 0 bridgehead atoms. The first kappa shape index (κ1) is 48.7. The van der Waals surface area contributed by atoms with Gasteiger partial charge in [0.05, 0.1) is 27.4 Å². The van der Waals surface area contributed by atoms with Crippen molar-refractivity contribution in [3.8, 4) is 11.4 Å². The van der Waals surface area contributed by atoms with Crippen LogP contribution in [0.2, 0.25) is 0 Å². The molecule has 0 fully saturated rings. The van der Waals surface area contributed by atoms with E-state index in [-0.39, 0.29) is 105 Å². The number of anilines is 2. The molecule has 0 saturated heterocycles. The Bertz CT molecular complexity index is 2520. The maximum absolute atomic E-state index is 12.4. The number of amides is 2. The Morgan fingerprint density at radius 2 is 1.05 bits per heavy atom. The molecule has 0 unspecified atom stereocenters. The fourth-order valence-electron chi connectivity index (χ4n) is 4.53. The fraction of sp³-hybridized carbons (Fsp3) is 0. The van der Waals surface area contributed by atoms with Crippen molar-refractivity contribution in [3.63, 3.8) is 0 Å². The zero-order valence-electron chi connectivity index (χ0n) is 28.9. The Morgan fingerprint density at radius 1 is 0.655 bits per heavy atom. The summed E-state index contributed by atoms with van der Waals surface area (Å²) in [5.41, 5.74) is 1.60. The molecule has 6 rings (SSSR count). The van der Waals surface area contributed by atoms with Crippen LogP contribution in [0.15, 0.2) is 117 Å². The average Bonchev–Trinajstić information content (AvgIpc) is 3.78. The van der Waals surface area contributed by atoms with Gasteiger partial charge in [-0.1, -0.05) is 36.4 Å². The second-order valence-corrected chi connectivity index (χ2v) is 14.9. The summed E-state index contributed by atoms with van der Waals surface area (Å²) >= 11 is 20.2. The van der Waals surface area contributed by atoms with Crippen LogP contribution < -0.4 is 72.7 Å². The Morgan fingerprint density at radius 3 is 1.43 bits per heavy atom. The van der Waals surface area contributed by atoms with Gasteiger partial charge in [0.2, 0.25) is 0 Å². The number of aromatic nitrogens is 8. The second kappa shape index (κ2) is 21.6. The molecule has 0 saturated carbocycles. The van der Waals surface area contributed by atoms with Gasteiger partial charge in [0.15, 0.2) is 10.2 Å². The largest absolute Gasteiger partial charge is 1.00 e.